The van der Waals surface area contributed by atoms with Crippen LogP contribution in [0.4, 0.5) is 0 Å². The highest BCUT2D eigenvalue weighted by Crippen LogP contribution is 2.31. The predicted octanol–water partition coefficient (Wildman–Crippen LogP) is 1.72. The zero-order valence-corrected chi connectivity index (χ0v) is 13.1. The predicted molar refractivity (Wildman–Crippen MR) is 80.2 cm³/mol. The van der Waals surface area contributed by atoms with E-state index < -0.39 is 5.97 Å². The van der Waals surface area contributed by atoms with E-state index in [4.69, 9.17) is 20.1 Å². The Morgan fingerprint density at radius 2 is 1.32 bits per heavy atom. The Bertz CT molecular complexity index is 328. The van der Waals surface area contributed by atoms with Crippen molar-refractivity contribution in [3.63, 3.8) is 0 Å². The lowest BCUT2D eigenvalue weighted by molar-refractivity contribution is -0.158. The van der Waals surface area contributed by atoms with Gasteiger partial charge in [0, 0.05) is 0 Å². The van der Waals surface area contributed by atoms with Gasteiger partial charge in [-0.3, -0.25) is 9.59 Å². The Kier molecular flexibility index (Phi) is 9.08. The normalized spacial score (nSPS) is 25.7. The highest BCUT2D eigenvalue weighted by Gasteiger charge is 2.31. The van der Waals surface area contributed by atoms with Crippen molar-refractivity contribution in [1.82, 2.24) is 0 Å². The van der Waals surface area contributed by atoms with Crippen LogP contribution in [0.1, 0.15) is 57.8 Å². The van der Waals surface area contributed by atoms with Crippen LogP contribution >= 0.6 is 0 Å². The van der Waals surface area contributed by atoms with Crippen molar-refractivity contribution in [2.45, 2.75) is 63.9 Å². The average Bonchev–Trinajstić information content (AvgIpc) is 2.56. The van der Waals surface area contributed by atoms with Crippen LogP contribution in [0.15, 0.2) is 0 Å². The molecule has 0 unspecified atom stereocenters. The summed E-state index contributed by atoms with van der Waals surface area (Å²) < 4.78 is 5.54. The maximum absolute atomic E-state index is 12.0. The molecule has 0 aromatic carbocycles. The van der Waals surface area contributed by atoms with E-state index in [-0.39, 0.29) is 37.1 Å². The molecule has 0 spiro atoms. The fourth-order valence-electron chi connectivity index (χ4n) is 3.02. The molecule has 3 N–H and O–H groups in total. The van der Waals surface area contributed by atoms with Crippen LogP contribution in [-0.2, 0) is 14.3 Å². The van der Waals surface area contributed by atoms with Crippen LogP contribution in [-0.4, -0.2) is 46.6 Å². The number of carboxylic acids is 1. The van der Waals surface area contributed by atoms with Crippen molar-refractivity contribution < 1.29 is 29.6 Å². The van der Waals surface area contributed by atoms with Gasteiger partial charge < -0.3 is 20.1 Å². The standard InChI is InChI=1S/C14H22O4.C2H6O2/c15-13(16)10-6-8-11(9-7-10)14(17)18-12-4-2-1-3-5-12;3-1-2-4/h10-12H,1-9H2,(H,15,16);3-4H,1-2H2. The van der Waals surface area contributed by atoms with Crippen LogP contribution in [0.5, 0.6) is 0 Å². The first-order valence-corrected chi connectivity index (χ1v) is 8.23. The smallest absolute Gasteiger partial charge is 0.309 e. The molecule has 6 heteroatoms. The summed E-state index contributed by atoms with van der Waals surface area (Å²) in [6, 6.07) is 0. The summed E-state index contributed by atoms with van der Waals surface area (Å²) in [6.07, 6.45) is 8.23. The quantitative estimate of drug-likeness (QED) is 0.682. The summed E-state index contributed by atoms with van der Waals surface area (Å²) in [5.74, 6) is -1.15. The highest BCUT2D eigenvalue weighted by molar-refractivity contribution is 5.74. The lowest BCUT2D eigenvalue weighted by atomic mass is 9.82. The SMILES string of the molecule is O=C(O)C1CCC(C(=O)OC2CCCCC2)CC1.OCCO. The van der Waals surface area contributed by atoms with Gasteiger partial charge in [0.15, 0.2) is 0 Å². The number of aliphatic hydroxyl groups is 2. The summed E-state index contributed by atoms with van der Waals surface area (Å²) >= 11 is 0. The molecule has 0 saturated heterocycles. The second-order valence-corrected chi connectivity index (χ2v) is 6.03. The Morgan fingerprint density at radius 1 is 0.818 bits per heavy atom. The van der Waals surface area contributed by atoms with Crippen molar-refractivity contribution in [3.05, 3.63) is 0 Å². The van der Waals surface area contributed by atoms with E-state index in [1.807, 2.05) is 0 Å². The van der Waals surface area contributed by atoms with E-state index in [0.29, 0.717) is 25.7 Å². The molecule has 2 saturated carbocycles. The lowest BCUT2D eigenvalue weighted by Gasteiger charge is -2.28. The number of aliphatic hydroxyl groups excluding tert-OH is 2. The first-order valence-electron chi connectivity index (χ1n) is 8.23. The minimum absolute atomic E-state index is 0.0671. The molecule has 0 aliphatic heterocycles. The van der Waals surface area contributed by atoms with Gasteiger partial charge in [0.05, 0.1) is 25.0 Å². The van der Waals surface area contributed by atoms with Gasteiger partial charge in [-0.05, 0) is 51.4 Å². The minimum atomic E-state index is -0.728. The van der Waals surface area contributed by atoms with Gasteiger partial charge in [-0.15, -0.1) is 0 Å². The Hall–Kier alpha value is -1.14. The molecule has 0 amide bonds. The van der Waals surface area contributed by atoms with Crippen LogP contribution < -0.4 is 0 Å². The highest BCUT2D eigenvalue weighted by atomic mass is 16.5. The van der Waals surface area contributed by atoms with Gasteiger partial charge in [0.1, 0.15) is 6.10 Å². The molecule has 2 aliphatic carbocycles. The van der Waals surface area contributed by atoms with E-state index in [1.165, 1.54) is 6.42 Å². The Morgan fingerprint density at radius 3 is 1.77 bits per heavy atom. The largest absolute Gasteiger partial charge is 0.481 e. The van der Waals surface area contributed by atoms with Gasteiger partial charge in [-0.2, -0.15) is 0 Å². The molecule has 0 heterocycles. The van der Waals surface area contributed by atoms with Crippen molar-refractivity contribution >= 4 is 11.9 Å². The van der Waals surface area contributed by atoms with Crippen LogP contribution in [0, 0.1) is 11.8 Å². The average molecular weight is 316 g/mol. The molecule has 6 nitrogen and oxygen atoms in total. The lowest BCUT2D eigenvalue weighted by Crippen LogP contribution is -2.30. The number of hydrogen-bond acceptors (Lipinski definition) is 5. The van der Waals surface area contributed by atoms with E-state index in [9.17, 15) is 9.59 Å². The number of ether oxygens (including phenoxy) is 1. The molecule has 2 fully saturated rings. The summed E-state index contributed by atoms with van der Waals surface area (Å²) in [5.41, 5.74) is 0. The molecule has 0 aromatic heterocycles. The third-order valence-corrected chi connectivity index (χ3v) is 4.34. The number of hydrogen-bond donors (Lipinski definition) is 3. The monoisotopic (exact) mass is 316 g/mol. The summed E-state index contributed by atoms with van der Waals surface area (Å²) in [7, 11) is 0. The first-order chi connectivity index (χ1) is 10.6. The minimum Gasteiger partial charge on any atom is -0.481 e. The molecule has 0 radical (unpaired) electrons. The number of carbonyl (C=O) groups is 2. The third kappa shape index (κ3) is 6.75. The fourth-order valence-corrected chi connectivity index (χ4v) is 3.02. The maximum Gasteiger partial charge on any atom is 0.309 e. The third-order valence-electron chi connectivity index (χ3n) is 4.34. The summed E-state index contributed by atoms with van der Waals surface area (Å²) in [5, 5.41) is 24.2. The van der Waals surface area contributed by atoms with Gasteiger partial charge >= 0.3 is 11.9 Å². The van der Waals surface area contributed by atoms with Crippen LogP contribution in [0.25, 0.3) is 0 Å². The zero-order chi connectivity index (χ0) is 16.4. The Labute approximate surface area is 131 Å². The molecule has 0 aromatic rings. The van der Waals surface area contributed by atoms with Gasteiger partial charge in [-0.1, -0.05) is 6.42 Å². The molecule has 2 rings (SSSR count). The summed E-state index contributed by atoms with van der Waals surface area (Å²) in [6.45, 7) is -0.250. The van der Waals surface area contributed by atoms with Crippen LogP contribution in [0.2, 0.25) is 0 Å². The van der Waals surface area contributed by atoms with E-state index >= 15 is 0 Å². The molecule has 2 aliphatic rings. The van der Waals surface area contributed by atoms with E-state index in [0.717, 1.165) is 25.7 Å². The number of esters is 1. The van der Waals surface area contributed by atoms with Gasteiger partial charge in [0.25, 0.3) is 0 Å². The number of carbonyl (C=O) groups excluding carboxylic acids is 1. The molecular formula is C16H28O6. The van der Waals surface area contributed by atoms with Crippen LogP contribution in [0.3, 0.4) is 0 Å². The Balaban J connectivity index is 0.000000541. The number of rotatable bonds is 4. The van der Waals surface area contributed by atoms with E-state index in [1.54, 1.807) is 0 Å². The zero-order valence-electron chi connectivity index (χ0n) is 13.1. The van der Waals surface area contributed by atoms with Crippen molar-refractivity contribution in [3.8, 4) is 0 Å². The number of aliphatic carboxylic acids is 1. The van der Waals surface area contributed by atoms with Gasteiger partial charge in [0.2, 0.25) is 0 Å². The van der Waals surface area contributed by atoms with Crippen molar-refractivity contribution in [1.29, 1.82) is 0 Å². The topological polar surface area (TPSA) is 104 Å². The molecule has 0 bridgehead atoms. The molecular weight excluding hydrogens is 288 g/mol. The van der Waals surface area contributed by atoms with Crippen molar-refractivity contribution in [2.24, 2.45) is 11.8 Å². The molecule has 22 heavy (non-hydrogen) atoms. The van der Waals surface area contributed by atoms with Gasteiger partial charge in [-0.25, -0.2) is 0 Å². The van der Waals surface area contributed by atoms with Crippen molar-refractivity contribution in [2.75, 3.05) is 13.2 Å². The second-order valence-electron chi connectivity index (χ2n) is 6.03. The summed E-state index contributed by atoms with van der Waals surface area (Å²) in [4.78, 5) is 22.8. The van der Waals surface area contributed by atoms with E-state index in [2.05, 4.69) is 0 Å². The molecule has 0 atom stereocenters. The number of carboxylic acid groups (broad SMARTS) is 1. The second kappa shape index (κ2) is 10.6. The molecule has 128 valence electrons. The fraction of sp³-hybridized carbons (Fsp3) is 0.875. The maximum atomic E-state index is 12.0. The first kappa shape index (κ1) is 18.9.